The van der Waals surface area contributed by atoms with Crippen LogP contribution in [0.4, 0.5) is 0 Å². The fraction of sp³-hybridized carbons (Fsp3) is 0.524. The van der Waals surface area contributed by atoms with Crippen molar-refractivity contribution in [1.29, 1.82) is 0 Å². The van der Waals surface area contributed by atoms with Gasteiger partial charge in [-0.15, -0.1) is 11.3 Å². The Kier molecular flexibility index (Phi) is 5.45. The van der Waals surface area contributed by atoms with Gasteiger partial charge in [-0.1, -0.05) is 19.9 Å². The number of carbonyl (C=O) groups is 1. The van der Waals surface area contributed by atoms with Crippen molar-refractivity contribution >= 4 is 23.0 Å². The Morgan fingerprint density at radius 3 is 2.85 bits per heavy atom. The molecule has 5 nitrogen and oxygen atoms in total. The van der Waals surface area contributed by atoms with Crippen molar-refractivity contribution in [2.45, 2.75) is 51.6 Å². The molecule has 2 aromatic heterocycles. The van der Waals surface area contributed by atoms with Gasteiger partial charge in [0.05, 0.1) is 23.4 Å². The lowest BCUT2D eigenvalue weighted by Crippen LogP contribution is -2.40. The first-order valence-corrected chi connectivity index (χ1v) is 10.7. The van der Waals surface area contributed by atoms with Gasteiger partial charge in [0.1, 0.15) is 11.8 Å². The zero-order chi connectivity index (χ0) is 18.8. The number of hydrogen-bond donors (Lipinski definition) is 0. The van der Waals surface area contributed by atoms with Gasteiger partial charge in [0.2, 0.25) is 0 Å². The second-order valence-electron chi connectivity index (χ2n) is 7.88. The molecular formula is C21H27N3O2S. The highest BCUT2D eigenvalue weighted by Gasteiger charge is 2.37. The number of nitrogens with zero attached hydrogens (tertiary/aromatic N) is 3. The first-order valence-electron chi connectivity index (χ1n) is 9.82. The van der Waals surface area contributed by atoms with Crippen molar-refractivity contribution in [3.8, 4) is 0 Å². The van der Waals surface area contributed by atoms with Gasteiger partial charge in [0.25, 0.3) is 5.91 Å². The Balaban J connectivity index is 1.51. The van der Waals surface area contributed by atoms with Crippen LogP contribution in [-0.2, 0) is 4.79 Å². The average Bonchev–Trinajstić information content (AvgIpc) is 3.10. The minimum atomic E-state index is -0.143. The summed E-state index contributed by atoms with van der Waals surface area (Å²) in [5.41, 5.74) is 0.972. The van der Waals surface area contributed by atoms with Crippen molar-refractivity contribution in [2.75, 3.05) is 13.1 Å². The third kappa shape index (κ3) is 4.33. The number of rotatable bonds is 8. The van der Waals surface area contributed by atoms with Crippen LogP contribution in [-0.4, -0.2) is 40.7 Å². The molecule has 4 rings (SSSR count). The SMILES string of the molecule is CC(C)CCN(CC(=O)N1N=C(c2cccs2)CC1c1ccco1)C1CC1. The molecule has 1 atom stereocenters. The Bertz CT molecular complexity index is 778. The lowest BCUT2D eigenvalue weighted by atomic mass is 10.1. The van der Waals surface area contributed by atoms with Crippen molar-refractivity contribution in [3.05, 3.63) is 46.5 Å². The highest BCUT2D eigenvalue weighted by molar-refractivity contribution is 7.12. The molecule has 0 spiro atoms. The van der Waals surface area contributed by atoms with Crippen LogP contribution in [0.1, 0.15) is 56.2 Å². The van der Waals surface area contributed by atoms with Crippen molar-refractivity contribution in [2.24, 2.45) is 11.0 Å². The number of hydrogen-bond acceptors (Lipinski definition) is 5. The zero-order valence-corrected chi connectivity index (χ0v) is 16.8. The van der Waals surface area contributed by atoms with E-state index in [1.165, 1.54) is 12.8 Å². The smallest absolute Gasteiger partial charge is 0.257 e. The summed E-state index contributed by atoms with van der Waals surface area (Å²) in [6.07, 6.45) is 5.90. The molecule has 27 heavy (non-hydrogen) atoms. The minimum Gasteiger partial charge on any atom is -0.467 e. The van der Waals surface area contributed by atoms with E-state index in [-0.39, 0.29) is 11.9 Å². The Hall–Kier alpha value is -1.92. The molecule has 1 saturated carbocycles. The highest BCUT2D eigenvalue weighted by Crippen LogP contribution is 2.35. The summed E-state index contributed by atoms with van der Waals surface area (Å²) >= 11 is 1.66. The Morgan fingerprint density at radius 2 is 2.22 bits per heavy atom. The number of furan rings is 1. The molecule has 2 aromatic rings. The maximum Gasteiger partial charge on any atom is 0.257 e. The average molecular weight is 386 g/mol. The van der Waals surface area contributed by atoms with Gasteiger partial charge in [-0.2, -0.15) is 5.10 Å². The van der Waals surface area contributed by atoms with Gasteiger partial charge in [-0.05, 0) is 55.3 Å². The summed E-state index contributed by atoms with van der Waals surface area (Å²) in [6.45, 7) is 5.89. The third-order valence-electron chi connectivity index (χ3n) is 5.24. The number of amides is 1. The van der Waals surface area contributed by atoms with Gasteiger partial charge < -0.3 is 4.42 Å². The maximum absolute atomic E-state index is 13.2. The first kappa shape index (κ1) is 18.4. The fourth-order valence-electron chi connectivity index (χ4n) is 3.54. The summed E-state index contributed by atoms with van der Waals surface area (Å²) in [5, 5.41) is 8.43. The second kappa shape index (κ2) is 7.98. The van der Waals surface area contributed by atoms with E-state index < -0.39 is 0 Å². The van der Waals surface area contributed by atoms with Crippen LogP contribution in [0.15, 0.2) is 45.4 Å². The van der Waals surface area contributed by atoms with Crippen LogP contribution in [0.2, 0.25) is 0 Å². The molecule has 1 aliphatic carbocycles. The van der Waals surface area contributed by atoms with E-state index in [0.717, 1.165) is 29.3 Å². The van der Waals surface area contributed by atoms with Crippen LogP contribution in [0.5, 0.6) is 0 Å². The van der Waals surface area contributed by atoms with Gasteiger partial charge in [0.15, 0.2) is 0 Å². The molecular weight excluding hydrogens is 358 g/mol. The van der Waals surface area contributed by atoms with Gasteiger partial charge in [-0.25, -0.2) is 5.01 Å². The normalized spacial score (nSPS) is 19.9. The van der Waals surface area contributed by atoms with Crippen LogP contribution < -0.4 is 0 Å². The molecule has 3 heterocycles. The summed E-state index contributed by atoms with van der Waals surface area (Å²) in [4.78, 5) is 16.7. The van der Waals surface area contributed by atoms with Gasteiger partial charge in [-0.3, -0.25) is 9.69 Å². The molecule has 0 radical (unpaired) electrons. The minimum absolute atomic E-state index is 0.0682. The lowest BCUT2D eigenvalue weighted by Gasteiger charge is -2.26. The summed E-state index contributed by atoms with van der Waals surface area (Å²) in [6, 6.07) is 8.33. The van der Waals surface area contributed by atoms with E-state index in [4.69, 9.17) is 9.52 Å². The van der Waals surface area contributed by atoms with Crippen molar-refractivity contribution in [3.63, 3.8) is 0 Å². The molecule has 6 heteroatoms. The molecule has 144 valence electrons. The molecule has 1 unspecified atom stereocenters. The van der Waals surface area contributed by atoms with Crippen molar-refractivity contribution < 1.29 is 9.21 Å². The molecule has 0 N–H and O–H groups in total. The third-order valence-corrected chi connectivity index (χ3v) is 6.16. The fourth-order valence-corrected chi connectivity index (χ4v) is 4.26. The number of hydrazone groups is 1. The first-order chi connectivity index (χ1) is 13.1. The summed E-state index contributed by atoms with van der Waals surface area (Å²) < 4.78 is 5.63. The number of carbonyl (C=O) groups excluding carboxylic acids is 1. The molecule has 0 bridgehead atoms. The van der Waals surface area contributed by atoms with Crippen LogP contribution in [0, 0.1) is 5.92 Å². The van der Waals surface area contributed by atoms with Gasteiger partial charge >= 0.3 is 0 Å². The molecule has 1 amide bonds. The van der Waals surface area contributed by atoms with E-state index in [1.807, 2.05) is 23.6 Å². The lowest BCUT2D eigenvalue weighted by molar-refractivity contribution is -0.134. The summed E-state index contributed by atoms with van der Waals surface area (Å²) in [7, 11) is 0. The highest BCUT2D eigenvalue weighted by atomic mass is 32.1. The standard InChI is InChI=1S/C21H27N3O2S/c1-15(2)9-10-23(16-7-8-16)14-21(25)24-18(19-5-3-11-26-19)13-17(22-24)20-6-4-12-27-20/h3-6,11-12,15-16,18H,7-10,13-14H2,1-2H3. The van der Waals surface area contributed by atoms with E-state index in [9.17, 15) is 4.79 Å². The van der Waals surface area contributed by atoms with Crippen LogP contribution >= 0.6 is 11.3 Å². The molecule has 2 aliphatic rings. The Morgan fingerprint density at radius 1 is 1.37 bits per heavy atom. The molecule has 0 saturated heterocycles. The van der Waals surface area contributed by atoms with E-state index >= 15 is 0 Å². The summed E-state index contributed by atoms with van der Waals surface area (Å²) in [5.74, 6) is 1.52. The second-order valence-corrected chi connectivity index (χ2v) is 8.83. The topological polar surface area (TPSA) is 49.1 Å². The monoisotopic (exact) mass is 385 g/mol. The molecule has 1 fully saturated rings. The molecule has 1 aliphatic heterocycles. The van der Waals surface area contributed by atoms with Crippen LogP contribution in [0.25, 0.3) is 0 Å². The van der Waals surface area contributed by atoms with Crippen molar-refractivity contribution in [1.82, 2.24) is 9.91 Å². The van der Waals surface area contributed by atoms with Gasteiger partial charge in [0, 0.05) is 12.5 Å². The quantitative estimate of drug-likeness (QED) is 0.671. The number of thiophene rings is 1. The zero-order valence-electron chi connectivity index (χ0n) is 16.0. The van der Waals surface area contributed by atoms with E-state index in [2.05, 4.69) is 24.8 Å². The van der Waals surface area contributed by atoms with E-state index in [0.29, 0.717) is 24.9 Å². The largest absolute Gasteiger partial charge is 0.467 e. The predicted octanol–water partition coefficient (Wildman–Crippen LogP) is 4.53. The Labute approximate surface area is 164 Å². The predicted molar refractivity (Wildman–Crippen MR) is 108 cm³/mol. The maximum atomic E-state index is 13.2. The molecule has 0 aromatic carbocycles. The van der Waals surface area contributed by atoms with E-state index in [1.54, 1.807) is 22.6 Å². The van der Waals surface area contributed by atoms with Crippen LogP contribution in [0.3, 0.4) is 0 Å².